The van der Waals surface area contributed by atoms with Crippen LogP contribution in [0.25, 0.3) is 0 Å². The SMILES string of the molecule is CC[C@H](N)c1ccc(OCc2cccnc2OC)cc1. The van der Waals surface area contributed by atoms with E-state index in [9.17, 15) is 0 Å². The molecule has 0 saturated carbocycles. The first-order valence-corrected chi connectivity index (χ1v) is 6.70. The maximum absolute atomic E-state index is 5.98. The lowest BCUT2D eigenvalue weighted by Crippen LogP contribution is -2.08. The van der Waals surface area contributed by atoms with Gasteiger partial charge in [0.15, 0.2) is 0 Å². The van der Waals surface area contributed by atoms with Crippen LogP contribution in [0.5, 0.6) is 11.6 Å². The molecule has 0 unspecified atom stereocenters. The summed E-state index contributed by atoms with van der Waals surface area (Å²) in [4.78, 5) is 4.14. The Hall–Kier alpha value is -2.07. The molecule has 2 aromatic rings. The molecule has 0 bridgehead atoms. The summed E-state index contributed by atoms with van der Waals surface area (Å²) >= 11 is 0. The standard InChI is InChI=1S/C16H20N2O2/c1-3-15(17)12-6-8-14(9-7-12)20-11-13-5-4-10-18-16(13)19-2/h4-10,15H,3,11,17H2,1-2H3/t15-/m0/s1. The van der Waals surface area contributed by atoms with Gasteiger partial charge in [-0.1, -0.05) is 19.1 Å². The molecule has 2 N–H and O–H groups in total. The van der Waals surface area contributed by atoms with Crippen molar-refractivity contribution in [1.29, 1.82) is 0 Å². The van der Waals surface area contributed by atoms with E-state index in [2.05, 4.69) is 11.9 Å². The zero-order valence-electron chi connectivity index (χ0n) is 11.9. The summed E-state index contributed by atoms with van der Waals surface area (Å²) in [5.74, 6) is 1.40. The lowest BCUT2D eigenvalue weighted by atomic mass is 10.1. The van der Waals surface area contributed by atoms with E-state index in [1.165, 1.54) is 0 Å². The van der Waals surface area contributed by atoms with E-state index in [1.54, 1.807) is 13.3 Å². The van der Waals surface area contributed by atoms with E-state index in [1.807, 2.05) is 36.4 Å². The van der Waals surface area contributed by atoms with Gasteiger partial charge in [-0.05, 0) is 36.2 Å². The lowest BCUT2D eigenvalue weighted by molar-refractivity contribution is 0.293. The topological polar surface area (TPSA) is 57.4 Å². The number of nitrogens with zero attached hydrogens (tertiary/aromatic N) is 1. The van der Waals surface area contributed by atoms with Crippen LogP contribution >= 0.6 is 0 Å². The summed E-state index contributed by atoms with van der Waals surface area (Å²) in [7, 11) is 1.60. The Labute approximate surface area is 119 Å². The first-order chi connectivity index (χ1) is 9.74. The number of aromatic nitrogens is 1. The summed E-state index contributed by atoms with van der Waals surface area (Å²) in [6.07, 6.45) is 2.62. The number of hydrogen-bond donors (Lipinski definition) is 1. The van der Waals surface area contributed by atoms with Crippen molar-refractivity contribution in [1.82, 2.24) is 4.98 Å². The minimum absolute atomic E-state index is 0.0856. The number of methoxy groups -OCH3 is 1. The van der Waals surface area contributed by atoms with Gasteiger partial charge in [-0.15, -0.1) is 0 Å². The number of nitrogens with two attached hydrogens (primary N) is 1. The van der Waals surface area contributed by atoms with Crippen LogP contribution in [0.3, 0.4) is 0 Å². The smallest absolute Gasteiger partial charge is 0.219 e. The van der Waals surface area contributed by atoms with Gasteiger partial charge in [-0.25, -0.2) is 4.98 Å². The van der Waals surface area contributed by atoms with Gasteiger partial charge in [0.05, 0.1) is 12.7 Å². The van der Waals surface area contributed by atoms with Gasteiger partial charge in [0.25, 0.3) is 0 Å². The second-order valence-electron chi connectivity index (χ2n) is 4.54. The van der Waals surface area contributed by atoms with Gasteiger partial charge < -0.3 is 15.2 Å². The van der Waals surface area contributed by atoms with Crippen molar-refractivity contribution in [3.8, 4) is 11.6 Å². The minimum atomic E-state index is 0.0856. The molecule has 0 aliphatic rings. The van der Waals surface area contributed by atoms with Gasteiger partial charge in [-0.2, -0.15) is 0 Å². The van der Waals surface area contributed by atoms with E-state index in [0.29, 0.717) is 12.5 Å². The fourth-order valence-corrected chi connectivity index (χ4v) is 1.93. The Morgan fingerprint density at radius 3 is 2.60 bits per heavy atom. The monoisotopic (exact) mass is 272 g/mol. The molecular formula is C16H20N2O2. The van der Waals surface area contributed by atoms with E-state index in [4.69, 9.17) is 15.2 Å². The fraction of sp³-hybridized carbons (Fsp3) is 0.312. The molecule has 1 aromatic heterocycles. The minimum Gasteiger partial charge on any atom is -0.489 e. The highest BCUT2D eigenvalue weighted by molar-refractivity contribution is 5.30. The number of hydrogen-bond acceptors (Lipinski definition) is 4. The highest BCUT2D eigenvalue weighted by atomic mass is 16.5. The number of ether oxygens (including phenoxy) is 2. The first kappa shape index (κ1) is 14.3. The average Bonchev–Trinajstić information content (AvgIpc) is 2.53. The van der Waals surface area contributed by atoms with E-state index in [0.717, 1.165) is 23.3 Å². The van der Waals surface area contributed by atoms with Crippen LogP contribution in [0.1, 0.15) is 30.5 Å². The summed E-state index contributed by atoms with van der Waals surface area (Å²) in [5.41, 5.74) is 8.03. The lowest BCUT2D eigenvalue weighted by Gasteiger charge is -2.11. The van der Waals surface area contributed by atoms with Gasteiger partial charge in [0, 0.05) is 12.2 Å². The molecule has 0 radical (unpaired) electrons. The van der Waals surface area contributed by atoms with Crippen molar-refractivity contribution in [2.45, 2.75) is 26.0 Å². The Morgan fingerprint density at radius 2 is 1.95 bits per heavy atom. The largest absolute Gasteiger partial charge is 0.489 e. The van der Waals surface area contributed by atoms with Crippen molar-refractivity contribution in [2.75, 3.05) is 7.11 Å². The number of pyridine rings is 1. The molecule has 1 aromatic carbocycles. The second kappa shape index (κ2) is 6.91. The van der Waals surface area contributed by atoms with E-state index in [-0.39, 0.29) is 6.04 Å². The third kappa shape index (κ3) is 3.48. The number of benzene rings is 1. The van der Waals surface area contributed by atoms with Crippen LogP contribution in [-0.4, -0.2) is 12.1 Å². The predicted molar refractivity (Wildman–Crippen MR) is 78.8 cm³/mol. The maximum atomic E-state index is 5.98. The summed E-state index contributed by atoms with van der Waals surface area (Å²) in [6, 6.07) is 11.8. The zero-order chi connectivity index (χ0) is 14.4. The molecule has 4 heteroatoms. The van der Waals surface area contributed by atoms with Crippen molar-refractivity contribution in [3.63, 3.8) is 0 Å². The second-order valence-corrected chi connectivity index (χ2v) is 4.54. The highest BCUT2D eigenvalue weighted by Gasteiger charge is 2.05. The Kier molecular flexibility index (Phi) is 4.96. The molecule has 106 valence electrons. The molecule has 0 amide bonds. The molecule has 1 atom stereocenters. The molecule has 0 aliphatic heterocycles. The van der Waals surface area contributed by atoms with Crippen LogP contribution < -0.4 is 15.2 Å². The third-order valence-corrected chi connectivity index (χ3v) is 3.19. The molecule has 2 rings (SSSR count). The maximum Gasteiger partial charge on any atom is 0.219 e. The van der Waals surface area contributed by atoms with Crippen LogP contribution in [-0.2, 0) is 6.61 Å². The van der Waals surface area contributed by atoms with E-state index >= 15 is 0 Å². The Morgan fingerprint density at radius 1 is 1.20 bits per heavy atom. The predicted octanol–water partition coefficient (Wildman–Crippen LogP) is 3.08. The fourth-order valence-electron chi connectivity index (χ4n) is 1.93. The zero-order valence-corrected chi connectivity index (χ0v) is 11.9. The average molecular weight is 272 g/mol. The summed E-state index contributed by atoms with van der Waals surface area (Å²) in [6.45, 7) is 2.50. The van der Waals surface area contributed by atoms with Gasteiger partial charge in [-0.3, -0.25) is 0 Å². The van der Waals surface area contributed by atoms with Crippen LogP contribution in [0.4, 0.5) is 0 Å². The molecule has 0 spiro atoms. The quantitative estimate of drug-likeness (QED) is 0.878. The van der Waals surface area contributed by atoms with Crippen molar-refractivity contribution < 1.29 is 9.47 Å². The third-order valence-electron chi connectivity index (χ3n) is 3.19. The van der Waals surface area contributed by atoms with Crippen molar-refractivity contribution >= 4 is 0 Å². The molecule has 0 fully saturated rings. The normalized spacial score (nSPS) is 11.9. The molecular weight excluding hydrogens is 252 g/mol. The van der Waals surface area contributed by atoms with Crippen LogP contribution in [0.15, 0.2) is 42.6 Å². The van der Waals surface area contributed by atoms with Crippen molar-refractivity contribution in [2.24, 2.45) is 5.73 Å². The summed E-state index contributed by atoms with van der Waals surface area (Å²) < 4.78 is 10.9. The Balaban J connectivity index is 2.00. The van der Waals surface area contributed by atoms with Gasteiger partial charge in [0.2, 0.25) is 5.88 Å². The van der Waals surface area contributed by atoms with Gasteiger partial charge >= 0.3 is 0 Å². The molecule has 4 nitrogen and oxygen atoms in total. The van der Waals surface area contributed by atoms with Crippen LogP contribution in [0, 0.1) is 0 Å². The highest BCUT2D eigenvalue weighted by Crippen LogP contribution is 2.20. The van der Waals surface area contributed by atoms with Crippen molar-refractivity contribution in [3.05, 3.63) is 53.7 Å². The first-order valence-electron chi connectivity index (χ1n) is 6.70. The Bertz CT molecular complexity index is 540. The molecule has 0 saturated heterocycles. The number of rotatable bonds is 6. The summed E-state index contributed by atoms with van der Waals surface area (Å²) in [5, 5.41) is 0. The molecule has 1 heterocycles. The molecule has 20 heavy (non-hydrogen) atoms. The molecule has 0 aliphatic carbocycles. The van der Waals surface area contributed by atoms with Crippen LogP contribution in [0.2, 0.25) is 0 Å². The van der Waals surface area contributed by atoms with Gasteiger partial charge in [0.1, 0.15) is 12.4 Å². The van der Waals surface area contributed by atoms with E-state index < -0.39 is 0 Å².